The largest absolute Gasteiger partial charge is 0.383 e. The summed E-state index contributed by atoms with van der Waals surface area (Å²) in [7, 11) is 0. The lowest BCUT2D eigenvalue weighted by atomic mass is 10.0. The molecule has 0 spiro atoms. The Balaban J connectivity index is 2.45. The minimum atomic E-state index is -0.541. The van der Waals surface area contributed by atoms with Gasteiger partial charge in [0.15, 0.2) is 0 Å². The van der Waals surface area contributed by atoms with Crippen molar-refractivity contribution in [3.05, 3.63) is 24.3 Å². The van der Waals surface area contributed by atoms with Crippen LogP contribution in [0.15, 0.2) is 24.3 Å². The van der Waals surface area contributed by atoms with Crippen molar-refractivity contribution in [3.63, 3.8) is 0 Å². The molecule has 0 radical (unpaired) electrons. The van der Waals surface area contributed by atoms with Crippen molar-refractivity contribution in [1.29, 1.82) is 0 Å². The van der Waals surface area contributed by atoms with Crippen molar-refractivity contribution in [2.45, 2.75) is 39.7 Å². The summed E-state index contributed by atoms with van der Waals surface area (Å²) in [4.78, 5) is 10.7. The van der Waals surface area contributed by atoms with Gasteiger partial charge < -0.3 is 16.4 Å². The molecule has 1 unspecified atom stereocenters. The Labute approximate surface area is 109 Å². The normalized spacial score (nSPS) is 12.2. The first-order valence-corrected chi connectivity index (χ1v) is 6.40. The zero-order valence-electron chi connectivity index (χ0n) is 11.4. The summed E-state index contributed by atoms with van der Waals surface area (Å²) in [5.41, 5.74) is 6.81. The van der Waals surface area contributed by atoms with E-state index in [9.17, 15) is 4.79 Å². The van der Waals surface area contributed by atoms with Crippen molar-refractivity contribution in [2.75, 3.05) is 10.6 Å². The summed E-state index contributed by atoms with van der Waals surface area (Å²) in [6.07, 6.45) is 2.37. The molecule has 0 saturated carbocycles. The second-order valence-electron chi connectivity index (χ2n) is 5.08. The summed E-state index contributed by atoms with van der Waals surface area (Å²) < 4.78 is 0. The van der Waals surface area contributed by atoms with Gasteiger partial charge in [0.05, 0.1) is 0 Å². The molecule has 0 fully saturated rings. The first kappa shape index (κ1) is 14.4. The highest BCUT2D eigenvalue weighted by molar-refractivity contribution is 5.87. The van der Waals surface area contributed by atoms with Crippen LogP contribution in [-0.2, 0) is 0 Å². The number of benzene rings is 1. The van der Waals surface area contributed by atoms with Gasteiger partial charge in [-0.2, -0.15) is 0 Å². The third-order valence-electron chi connectivity index (χ3n) is 2.74. The van der Waals surface area contributed by atoms with Crippen LogP contribution in [0, 0.1) is 5.92 Å². The lowest BCUT2D eigenvalue weighted by Crippen LogP contribution is -2.19. The fourth-order valence-corrected chi connectivity index (χ4v) is 1.73. The van der Waals surface area contributed by atoms with Crippen LogP contribution in [0.2, 0.25) is 0 Å². The van der Waals surface area contributed by atoms with Gasteiger partial charge in [-0.3, -0.25) is 0 Å². The smallest absolute Gasteiger partial charge is 0.316 e. The molecule has 18 heavy (non-hydrogen) atoms. The quantitative estimate of drug-likeness (QED) is 0.723. The molecule has 0 heterocycles. The summed E-state index contributed by atoms with van der Waals surface area (Å²) in [6.45, 7) is 6.64. The van der Waals surface area contributed by atoms with Crippen LogP contribution in [0.25, 0.3) is 0 Å². The van der Waals surface area contributed by atoms with E-state index in [0.717, 1.165) is 18.0 Å². The third-order valence-corrected chi connectivity index (χ3v) is 2.74. The molecule has 2 amide bonds. The lowest BCUT2D eigenvalue weighted by molar-refractivity contribution is 0.259. The number of hydrogen-bond donors (Lipinski definition) is 3. The van der Waals surface area contributed by atoms with Crippen LogP contribution in [0.4, 0.5) is 16.2 Å². The number of anilines is 2. The summed E-state index contributed by atoms with van der Waals surface area (Å²) in [5.74, 6) is 0.733. The molecule has 0 aliphatic rings. The Kier molecular flexibility index (Phi) is 5.49. The minimum Gasteiger partial charge on any atom is -0.383 e. The van der Waals surface area contributed by atoms with Crippen LogP contribution in [0.1, 0.15) is 33.6 Å². The van der Waals surface area contributed by atoms with Crippen molar-refractivity contribution in [3.8, 4) is 0 Å². The molecule has 0 aliphatic heterocycles. The zero-order chi connectivity index (χ0) is 13.5. The molecule has 100 valence electrons. The SMILES string of the molecule is CC(C)CCC(C)Nc1ccc(NC(N)=O)cc1. The lowest BCUT2D eigenvalue weighted by Gasteiger charge is -2.16. The molecule has 0 saturated heterocycles. The Bertz CT molecular complexity index is 373. The van der Waals surface area contributed by atoms with Crippen LogP contribution < -0.4 is 16.4 Å². The number of nitrogens with one attached hydrogen (secondary N) is 2. The Morgan fingerprint density at radius 1 is 1.11 bits per heavy atom. The highest BCUT2D eigenvalue weighted by Crippen LogP contribution is 2.16. The van der Waals surface area contributed by atoms with Crippen LogP contribution in [0.3, 0.4) is 0 Å². The second kappa shape index (κ2) is 6.89. The van der Waals surface area contributed by atoms with E-state index >= 15 is 0 Å². The van der Waals surface area contributed by atoms with Crippen molar-refractivity contribution < 1.29 is 4.79 Å². The number of amides is 2. The first-order valence-electron chi connectivity index (χ1n) is 6.40. The van der Waals surface area contributed by atoms with Crippen LogP contribution in [-0.4, -0.2) is 12.1 Å². The molecule has 0 aromatic heterocycles. The third kappa shape index (κ3) is 5.57. The highest BCUT2D eigenvalue weighted by atomic mass is 16.2. The summed E-state index contributed by atoms with van der Waals surface area (Å²) >= 11 is 0. The van der Waals surface area contributed by atoms with Crippen molar-refractivity contribution >= 4 is 17.4 Å². The number of urea groups is 1. The number of hydrogen-bond acceptors (Lipinski definition) is 2. The molecular weight excluding hydrogens is 226 g/mol. The van der Waals surface area contributed by atoms with Gasteiger partial charge in [-0.1, -0.05) is 13.8 Å². The maximum atomic E-state index is 10.7. The first-order chi connectivity index (χ1) is 8.47. The van der Waals surface area contributed by atoms with E-state index < -0.39 is 6.03 Å². The van der Waals surface area contributed by atoms with E-state index in [2.05, 4.69) is 31.4 Å². The molecule has 1 aromatic rings. The maximum absolute atomic E-state index is 10.7. The van der Waals surface area contributed by atoms with E-state index in [4.69, 9.17) is 5.73 Å². The van der Waals surface area contributed by atoms with Gasteiger partial charge >= 0.3 is 6.03 Å². The number of rotatable bonds is 6. The van der Waals surface area contributed by atoms with Gasteiger partial charge in [0.1, 0.15) is 0 Å². The number of nitrogens with two attached hydrogens (primary N) is 1. The topological polar surface area (TPSA) is 67.2 Å². The molecule has 0 aliphatic carbocycles. The van der Waals surface area contributed by atoms with Gasteiger partial charge in [-0.15, -0.1) is 0 Å². The van der Waals surface area contributed by atoms with Crippen LogP contribution in [0.5, 0.6) is 0 Å². The minimum absolute atomic E-state index is 0.447. The molecule has 0 bridgehead atoms. The summed E-state index contributed by atoms with van der Waals surface area (Å²) in [6, 6.07) is 7.46. The number of carbonyl (C=O) groups is 1. The molecule has 4 N–H and O–H groups in total. The summed E-state index contributed by atoms with van der Waals surface area (Å²) in [5, 5.41) is 5.97. The van der Waals surface area contributed by atoms with E-state index in [1.54, 1.807) is 0 Å². The fourth-order valence-electron chi connectivity index (χ4n) is 1.73. The average molecular weight is 249 g/mol. The molecular formula is C14H23N3O. The second-order valence-corrected chi connectivity index (χ2v) is 5.08. The maximum Gasteiger partial charge on any atom is 0.316 e. The van der Waals surface area contributed by atoms with E-state index in [-0.39, 0.29) is 0 Å². The van der Waals surface area contributed by atoms with Gasteiger partial charge in [0.25, 0.3) is 0 Å². The van der Waals surface area contributed by atoms with E-state index in [0.29, 0.717) is 11.7 Å². The predicted molar refractivity (Wildman–Crippen MR) is 76.8 cm³/mol. The van der Waals surface area contributed by atoms with Crippen molar-refractivity contribution in [2.24, 2.45) is 11.7 Å². The van der Waals surface area contributed by atoms with Gasteiger partial charge in [0.2, 0.25) is 0 Å². The molecule has 4 nitrogen and oxygen atoms in total. The molecule has 1 atom stereocenters. The molecule has 1 aromatic carbocycles. The average Bonchev–Trinajstić information content (AvgIpc) is 2.28. The van der Waals surface area contributed by atoms with Gasteiger partial charge in [-0.25, -0.2) is 4.79 Å². The van der Waals surface area contributed by atoms with E-state index in [1.165, 1.54) is 6.42 Å². The Morgan fingerprint density at radius 2 is 1.67 bits per heavy atom. The number of primary amides is 1. The monoisotopic (exact) mass is 249 g/mol. The Morgan fingerprint density at radius 3 is 2.17 bits per heavy atom. The standard InChI is InChI=1S/C14H23N3O/c1-10(2)4-5-11(3)16-12-6-8-13(9-7-12)17-14(15)18/h6-11,16H,4-5H2,1-3H3,(H3,15,17,18). The zero-order valence-corrected chi connectivity index (χ0v) is 11.4. The number of carbonyl (C=O) groups excluding carboxylic acids is 1. The fraction of sp³-hybridized carbons (Fsp3) is 0.500. The highest BCUT2D eigenvalue weighted by Gasteiger charge is 2.04. The van der Waals surface area contributed by atoms with Crippen molar-refractivity contribution in [1.82, 2.24) is 0 Å². The van der Waals surface area contributed by atoms with Gasteiger partial charge in [0, 0.05) is 17.4 Å². The van der Waals surface area contributed by atoms with Crippen LogP contribution >= 0.6 is 0 Å². The van der Waals surface area contributed by atoms with E-state index in [1.807, 2.05) is 24.3 Å². The Hall–Kier alpha value is -1.71. The molecule has 1 rings (SSSR count). The van der Waals surface area contributed by atoms with Gasteiger partial charge in [-0.05, 0) is 49.9 Å². The molecule has 4 heteroatoms. The predicted octanol–water partition coefficient (Wildman–Crippen LogP) is 3.41.